The van der Waals surface area contributed by atoms with Gasteiger partial charge in [-0.2, -0.15) is 0 Å². The zero-order valence-electron chi connectivity index (χ0n) is 12.5. The Morgan fingerprint density at radius 3 is 2.36 bits per heavy atom. The van der Waals surface area contributed by atoms with Gasteiger partial charge in [-0.1, -0.05) is 55.5 Å². The lowest BCUT2D eigenvalue weighted by molar-refractivity contribution is -0.136. The Balaban J connectivity index is 1.63. The lowest BCUT2D eigenvalue weighted by Crippen LogP contribution is -2.25. The molecule has 3 nitrogen and oxygen atoms in total. The molecule has 0 unspecified atom stereocenters. The molecule has 2 aromatic rings. The summed E-state index contributed by atoms with van der Waals surface area (Å²) >= 11 is 0. The lowest BCUT2D eigenvalue weighted by atomic mass is 9.93. The van der Waals surface area contributed by atoms with Crippen molar-refractivity contribution in [3.05, 3.63) is 71.8 Å². The third-order valence-electron chi connectivity index (χ3n) is 4.80. The Kier molecular flexibility index (Phi) is 2.73. The summed E-state index contributed by atoms with van der Waals surface area (Å²) in [5.41, 5.74) is 1.26. The van der Waals surface area contributed by atoms with Crippen LogP contribution in [-0.2, 0) is 16.0 Å². The highest BCUT2D eigenvalue weighted by atomic mass is 16.6. The van der Waals surface area contributed by atoms with Gasteiger partial charge in [0.25, 0.3) is 0 Å². The van der Waals surface area contributed by atoms with E-state index >= 15 is 0 Å². The van der Waals surface area contributed by atoms with E-state index in [1.807, 2.05) is 48.5 Å². The van der Waals surface area contributed by atoms with Gasteiger partial charge in [-0.25, -0.2) is 9.79 Å². The zero-order valence-corrected chi connectivity index (χ0v) is 12.5. The van der Waals surface area contributed by atoms with Gasteiger partial charge >= 0.3 is 5.97 Å². The van der Waals surface area contributed by atoms with Gasteiger partial charge in [-0.05, 0) is 30.5 Å². The van der Waals surface area contributed by atoms with E-state index in [0.29, 0.717) is 5.90 Å². The molecule has 2 atom stereocenters. The fourth-order valence-corrected chi connectivity index (χ4v) is 3.39. The van der Waals surface area contributed by atoms with Crippen LogP contribution in [0.3, 0.4) is 0 Å². The lowest BCUT2D eigenvalue weighted by Gasteiger charge is -2.12. The van der Waals surface area contributed by atoms with Crippen molar-refractivity contribution in [1.82, 2.24) is 0 Å². The first-order valence-corrected chi connectivity index (χ1v) is 7.55. The van der Waals surface area contributed by atoms with Crippen LogP contribution < -0.4 is 0 Å². The summed E-state index contributed by atoms with van der Waals surface area (Å²) < 4.78 is 5.47. The van der Waals surface area contributed by atoms with Crippen molar-refractivity contribution in [2.24, 2.45) is 10.4 Å². The molecule has 22 heavy (non-hydrogen) atoms. The molecular formula is C19H17NO2. The number of nitrogens with zero attached hydrogens (tertiary/aromatic N) is 1. The van der Waals surface area contributed by atoms with Gasteiger partial charge in [0.15, 0.2) is 5.54 Å². The van der Waals surface area contributed by atoms with Crippen LogP contribution in [0.5, 0.6) is 0 Å². The maximum Gasteiger partial charge on any atom is 0.341 e. The summed E-state index contributed by atoms with van der Waals surface area (Å²) in [5.74, 6) is 0.257. The number of hydrogen-bond donors (Lipinski definition) is 0. The molecule has 1 spiro atoms. The van der Waals surface area contributed by atoms with Crippen LogP contribution in [0.1, 0.15) is 24.5 Å². The molecule has 4 rings (SSSR count). The number of carbonyl (C=O) groups excluding carboxylic acids is 1. The van der Waals surface area contributed by atoms with Gasteiger partial charge in [0.05, 0.1) is 0 Å². The highest BCUT2D eigenvalue weighted by molar-refractivity contribution is 6.09. The van der Waals surface area contributed by atoms with Gasteiger partial charge in [0, 0.05) is 11.0 Å². The molecule has 2 aromatic carbocycles. The largest absolute Gasteiger partial charge is 0.405 e. The van der Waals surface area contributed by atoms with E-state index in [1.54, 1.807) is 0 Å². The summed E-state index contributed by atoms with van der Waals surface area (Å²) in [6, 6.07) is 19.9. The number of hydrogen-bond acceptors (Lipinski definition) is 3. The minimum atomic E-state index is -0.686. The van der Waals surface area contributed by atoms with Crippen molar-refractivity contribution in [1.29, 1.82) is 0 Å². The van der Waals surface area contributed by atoms with E-state index in [0.717, 1.165) is 18.4 Å². The highest BCUT2D eigenvalue weighted by Crippen LogP contribution is 2.63. The fraction of sp³-hybridized carbons (Fsp3) is 0.263. The molecule has 0 N–H and O–H groups in total. The Morgan fingerprint density at radius 1 is 1.05 bits per heavy atom. The van der Waals surface area contributed by atoms with Crippen LogP contribution in [0.2, 0.25) is 0 Å². The van der Waals surface area contributed by atoms with Crippen molar-refractivity contribution in [3.63, 3.8) is 0 Å². The highest BCUT2D eigenvalue weighted by Gasteiger charge is 2.73. The topological polar surface area (TPSA) is 38.7 Å². The van der Waals surface area contributed by atoms with E-state index in [-0.39, 0.29) is 11.4 Å². The molecule has 0 saturated heterocycles. The summed E-state index contributed by atoms with van der Waals surface area (Å²) in [6.07, 6.45) is 1.60. The first-order chi connectivity index (χ1) is 10.6. The van der Waals surface area contributed by atoms with Gasteiger partial charge in [0.1, 0.15) is 0 Å². The maximum atomic E-state index is 12.4. The number of rotatable bonds is 3. The summed E-state index contributed by atoms with van der Waals surface area (Å²) in [5, 5.41) is 0. The average molecular weight is 291 g/mol. The number of ether oxygens (including phenoxy) is 1. The SMILES string of the molecule is C[C@]1(Cc2ccccc2)C[C@]12N=C(c1ccccc1)OC2=O. The quantitative estimate of drug-likeness (QED) is 0.813. The molecule has 1 aliphatic carbocycles. The number of cyclic esters (lactones) is 1. The van der Waals surface area contributed by atoms with Crippen molar-refractivity contribution in [3.8, 4) is 0 Å². The molecule has 1 aliphatic heterocycles. The van der Waals surface area contributed by atoms with Gasteiger partial charge in [0.2, 0.25) is 5.90 Å². The molecule has 110 valence electrons. The summed E-state index contributed by atoms with van der Waals surface area (Å²) in [4.78, 5) is 17.1. The Morgan fingerprint density at radius 2 is 1.68 bits per heavy atom. The van der Waals surface area contributed by atoms with Crippen molar-refractivity contribution < 1.29 is 9.53 Å². The molecule has 3 heteroatoms. The number of esters is 1. The first kappa shape index (κ1) is 13.3. The maximum absolute atomic E-state index is 12.4. The Hall–Kier alpha value is -2.42. The second-order valence-corrected chi connectivity index (χ2v) is 6.43. The Labute approximate surface area is 129 Å². The molecule has 0 radical (unpaired) electrons. The number of benzene rings is 2. The van der Waals surface area contributed by atoms with E-state index in [2.05, 4.69) is 24.0 Å². The van der Waals surface area contributed by atoms with Crippen LogP contribution in [0.15, 0.2) is 65.7 Å². The predicted molar refractivity (Wildman–Crippen MR) is 84.7 cm³/mol. The summed E-state index contributed by atoms with van der Waals surface area (Å²) in [6.45, 7) is 2.12. The molecule has 1 fully saturated rings. The third-order valence-corrected chi connectivity index (χ3v) is 4.80. The summed E-state index contributed by atoms with van der Waals surface area (Å²) in [7, 11) is 0. The van der Waals surface area contributed by atoms with Gasteiger partial charge in [-0.3, -0.25) is 0 Å². The van der Waals surface area contributed by atoms with Crippen LogP contribution in [0.25, 0.3) is 0 Å². The molecule has 1 saturated carbocycles. The molecule has 0 aromatic heterocycles. The molecule has 1 heterocycles. The van der Waals surface area contributed by atoms with Gasteiger partial charge in [-0.15, -0.1) is 0 Å². The van der Waals surface area contributed by atoms with Gasteiger partial charge < -0.3 is 4.74 Å². The van der Waals surface area contributed by atoms with Crippen LogP contribution in [0, 0.1) is 5.41 Å². The standard InChI is InChI=1S/C19H17NO2/c1-18(12-14-8-4-2-5-9-14)13-19(18)17(21)22-16(20-19)15-10-6-3-7-11-15/h2-11H,12-13H2,1H3/t18-,19+/m0/s1. The smallest absolute Gasteiger partial charge is 0.341 e. The third kappa shape index (κ3) is 1.89. The number of carbonyl (C=O) groups is 1. The normalized spacial score (nSPS) is 29.3. The van der Waals surface area contributed by atoms with Crippen molar-refractivity contribution in [2.45, 2.75) is 25.3 Å². The molecular weight excluding hydrogens is 274 g/mol. The van der Waals surface area contributed by atoms with Crippen LogP contribution in [-0.4, -0.2) is 17.4 Å². The molecule has 0 amide bonds. The zero-order chi connectivity index (χ0) is 15.2. The first-order valence-electron chi connectivity index (χ1n) is 7.55. The average Bonchev–Trinajstić information content (AvgIpc) is 2.97. The minimum Gasteiger partial charge on any atom is -0.405 e. The van der Waals surface area contributed by atoms with Crippen LogP contribution >= 0.6 is 0 Å². The van der Waals surface area contributed by atoms with E-state index in [9.17, 15) is 4.79 Å². The van der Waals surface area contributed by atoms with Crippen molar-refractivity contribution >= 4 is 11.9 Å². The second kappa shape index (κ2) is 4.54. The fourth-order valence-electron chi connectivity index (χ4n) is 3.39. The Bertz CT molecular complexity index is 754. The van der Waals surface area contributed by atoms with E-state index in [4.69, 9.17) is 4.74 Å². The van der Waals surface area contributed by atoms with Crippen LogP contribution in [0.4, 0.5) is 0 Å². The second-order valence-electron chi connectivity index (χ2n) is 6.43. The monoisotopic (exact) mass is 291 g/mol. The molecule has 0 bridgehead atoms. The predicted octanol–water partition coefficient (Wildman–Crippen LogP) is 3.38. The van der Waals surface area contributed by atoms with Crippen molar-refractivity contribution in [2.75, 3.05) is 0 Å². The molecule has 2 aliphatic rings. The number of aliphatic imine (C=N–C) groups is 1. The van der Waals surface area contributed by atoms with E-state index < -0.39 is 5.54 Å². The minimum absolute atomic E-state index is 0.151. The van der Waals surface area contributed by atoms with E-state index in [1.165, 1.54) is 5.56 Å².